The molecular formula is C13H20N2O2. The van der Waals surface area contributed by atoms with E-state index in [-0.39, 0.29) is 17.6 Å². The van der Waals surface area contributed by atoms with Gasteiger partial charge in [0.25, 0.3) is 0 Å². The lowest BCUT2D eigenvalue weighted by Crippen LogP contribution is -2.39. The molecule has 4 N–H and O–H groups in total. The van der Waals surface area contributed by atoms with E-state index in [2.05, 4.69) is 5.32 Å². The first-order valence-corrected chi connectivity index (χ1v) is 5.84. The third-order valence-corrected chi connectivity index (χ3v) is 2.75. The first kappa shape index (κ1) is 13.5. The SMILES string of the molecule is CCc1ccc(O)c(NC(=O)[C@H](N)C(C)C)c1. The summed E-state index contributed by atoms with van der Waals surface area (Å²) >= 11 is 0. The fourth-order valence-electron chi connectivity index (χ4n) is 1.42. The number of phenolic OH excluding ortho intramolecular Hbond substituents is 1. The molecular weight excluding hydrogens is 216 g/mol. The van der Waals surface area contributed by atoms with Crippen LogP contribution in [0.25, 0.3) is 0 Å². The zero-order chi connectivity index (χ0) is 13.0. The Morgan fingerprint density at radius 3 is 2.65 bits per heavy atom. The molecule has 0 aliphatic heterocycles. The molecule has 1 aromatic carbocycles. The highest BCUT2D eigenvalue weighted by atomic mass is 16.3. The standard InChI is InChI=1S/C13H20N2O2/c1-4-9-5-6-11(16)10(7-9)15-13(17)12(14)8(2)3/h5-8,12,16H,4,14H2,1-3H3,(H,15,17)/t12-/m1/s1. The largest absolute Gasteiger partial charge is 0.506 e. The van der Waals surface area contributed by atoms with Gasteiger partial charge in [-0.25, -0.2) is 0 Å². The van der Waals surface area contributed by atoms with E-state index in [1.165, 1.54) is 0 Å². The molecule has 4 nitrogen and oxygen atoms in total. The number of benzene rings is 1. The van der Waals surface area contributed by atoms with E-state index < -0.39 is 6.04 Å². The minimum Gasteiger partial charge on any atom is -0.506 e. The van der Waals surface area contributed by atoms with Crippen LogP contribution in [-0.2, 0) is 11.2 Å². The number of nitrogens with two attached hydrogens (primary N) is 1. The van der Waals surface area contributed by atoms with Crippen LogP contribution in [0.15, 0.2) is 18.2 Å². The summed E-state index contributed by atoms with van der Waals surface area (Å²) in [5.74, 6) is -0.151. The third-order valence-electron chi connectivity index (χ3n) is 2.75. The Kier molecular flexibility index (Phi) is 4.52. The van der Waals surface area contributed by atoms with Crippen LogP contribution in [-0.4, -0.2) is 17.1 Å². The average Bonchev–Trinajstić information content (AvgIpc) is 2.30. The molecule has 0 radical (unpaired) electrons. The molecule has 0 bridgehead atoms. The number of carbonyl (C=O) groups is 1. The average molecular weight is 236 g/mol. The number of nitrogens with one attached hydrogen (secondary N) is 1. The first-order chi connectivity index (χ1) is 7.95. The molecule has 17 heavy (non-hydrogen) atoms. The van der Waals surface area contributed by atoms with Crippen molar-refractivity contribution >= 4 is 11.6 Å². The predicted octanol–water partition coefficient (Wildman–Crippen LogP) is 1.88. The van der Waals surface area contributed by atoms with Crippen molar-refractivity contribution in [1.82, 2.24) is 0 Å². The maximum Gasteiger partial charge on any atom is 0.241 e. The van der Waals surface area contributed by atoms with Gasteiger partial charge in [-0.1, -0.05) is 26.8 Å². The number of amides is 1. The Bertz CT molecular complexity index is 402. The van der Waals surface area contributed by atoms with Gasteiger partial charge in [-0.2, -0.15) is 0 Å². The number of aryl methyl sites for hydroxylation is 1. The van der Waals surface area contributed by atoms with Gasteiger partial charge in [0.1, 0.15) is 5.75 Å². The van der Waals surface area contributed by atoms with Gasteiger partial charge < -0.3 is 16.2 Å². The van der Waals surface area contributed by atoms with Crippen LogP contribution in [0.4, 0.5) is 5.69 Å². The molecule has 0 saturated carbocycles. The number of hydrogen-bond donors (Lipinski definition) is 3. The Morgan fingerprint density at radius 2 is 2.12 bits per heavy atom. The third kappa shape index (κ3) is 3.46. The number of carbonyl (C=O) groups excluding carboxylic acids is 1. The number of phenols is 1. The van der Waals surface area contributed by atoms with E-state index in [0.29, 0.717) is 5.69 Å². The molecule has 0 heterocycles. The molecule has 1 rings (SSSR count). The van der Waals surface area contributed by atoms with Crippen LogP contribution in [0.2, 0.25) is 0 Å². The summed E-state index contributed by atoms with van der Waals surface area (Å²) in [5.41, 5.74) is 7.21. The zero-order valence-electron chi connectivity index (χ0n) is 10.5. The van der Waals surface area contributed by atoms with E-state index in [9.17, 15) is 9.90 Å². The van der Waals surface area contributed by atoms with Crippen molar-refractivity contribution in [2.75, 3.05) is 5.32 Å². The second-order valence-corrected chi connectivity index (χ2v) is 4.46. The van der Waals surface area contributed by atoms with E-state index in [1.54, 1.807) is 12.1 Å². The highest BCUT2D eigenvalue weighted by molar-refractivity contribution is 5.96. The van der Waals surface area contributed by atoms with Gasteiger partial charge in [-0.05, 0) is 30.0 Å². The summed E-state index contributed by atoms with van der Waals surface area (Å²) in [6.45, 7) is 5.77. The fraction of sp³-hybridized carbons (Fsp3) is 0.462. The van der Waals surface area contributed by atoms with Crippen molar-refractivity contribution in [3.63, 3.8) is 0 Å². The molecule has 0 unspecified atom stereocenters. The Morgan fingerprint density at radius 1 is 1.47 bits per heavy atom. The summed E-state index contributed by atoms with van der Waals surface area (Å²) < 4.78 is 0. The Balaban J connectivity index is 2.84. The smallest absolute Gasteiger partial charge is 0.241 e. The number of rotatable bonds is 4. The minimum atomic E-state index is -0.570. The highest BCUT2D eigenvalue weighted by Crippen LogP contribution is 2.24. The van der Waals surface area contributed by atoms with Crippen LogP contribution in [0.1, 0.15) is 26.3 Å². The maximum atomic E-state index is 11.8. The van der Waals surface area contributed by atoms with Crippen molar-refractivity contribution in [3.05, 3.63) is 23.8 Å². The van der Waals surface area contributed by atoms with Crippen LogP contribution in [0.3, 0.4) is 0 Å². The van der Waals surface area contributed by atoms with E-state index >= 15 is 0 Å². The van der Waals surface area contributed by atoms with Crippen molar-refractivity contribution in [3.8, 4) is 5.75 Å². The van der Waals surface area contributed by atoms with Gasteiger partial charge in [-0.15, -0.1) is 0 Å². The summed E-state index contributed by atoms with van der Waals surface area (Å²) in [4.78, 5) is 11.8. The Labute approximate surface area is 102 Å². The summed E-state index contributed by atoms with van der Waals surface area (Å²) in [5, 5.41) is 12.3. The molecule has 4 heteroatoms. The van der Waals surface area contributed by atoms with Gasteiger partial charge in [0, 0.05) is 0 Å². The second-order valence-electron chi connectivity index (χ2n) is 4.46. The van der Waals surface area contributed by atoms with Crippen LogP contribution in [0.5, 0.6) is 5.75 Å². The quantitative estimate of drug-likeness (QED) is 0.699. The molecule has 0 saturated heterocycles. The monoisotopic (exact) mass is 236 g/mol. The second kappa shape index (κ2) is 5.68. The van der Waals surface area contributed by atoms with E-state index in [0.717, 1.165) is 12.0 Å². The van der Waals surface area contributed by atoms with Gasteiger partial charge >= 0.3 is 0 Å². The summed E-state index contributed by atoms with van der Waals surface area (Å²) in [7, 11) is 0. The number of anilines is 1. The van der Waals surface area contributed by atoms with Crippen LogP contribution < -0.4 is 11.1 Å². The zero-order valence-corrected chi connectivity index (χ0v) is 10.5. The summed E-state index contributed by atoms with van der Waals surface area (Å²) in [6, 6.07) is 4.60. The lowest BCUT2D eigenvalue weighted by Gasteiger charge is -2.16. The molecule has 1 amide bonds. The molecule has 0 spiro atoms. The normalized spacial score (nSPS) is 12.5. The maximum absolute atomic E-state index is 11.8. The van der Waals surface area contributed by atoms with Gasteiger partial charge in [0.2, 0.25) is 5.91 Å². The fourth-order valence-corrected chi connectivity index (χ4v) is 1.42. The van der Waals surface area contributed by atoms with Crippen LogP contribution in [0, 0.1) is 5.92 Å². The predicted molar refractivity (Wildman–Crippen MR) is 68.9 cm³/mol. The minimum absolute atomic E-state index is 0.0616. The highest BCUT2D eigenvalue weighted by Gasteiger charge is 2.18. The number of aromatic hydroxyl groups is 1. The molecule has 0 fully saturated rings. The van der Waals surface area contributed by atoms with Crippen LogP contribution >= 0.6 is 0 Å². The molecule has 1 aromatic rings. The Hall–Kier alpha value is -1.55. The lowest BCUT2D eigenvalue weighted by molar-refractivity contribution is -0.118. The first-order valence-electron chi connectivity index (χ1n) is 5.84. The van der Waals surface area contributed by atoms with Gasteiger partial charge in [-0.3, -0.25) is 4.79 Å². The summed E-state index contributed by atoms with van der Waals surface area (Å²) in [6.07, 6.45) is 0.847. The molecule has 0 aliphatic carbocycles. The molecule has 1 atom stereocenters. The van der Waals surface area contributed by atoms with Crippen molar-refractivity contribution in [2.24, 2.45) is 11.7 Å². The van der Waals surface area contributed by atoms with E-state index in [1.807, 2.05) is 26.8 Å². The topological polar surface area (TPSA) is 75.3 Å². The van der Waals surface area contributed by atoms with E-state index in [4.69, 9.17) is 5.73 Å². The molecule has 0 aliphatic rings. The lowest BCUT2D eigenvalue weighted by atomic mass is 10.0. The number of hydrogen-bond acceptors (Lipinski definition) is 3. The van der Waals surface area contributed by atoms with Crippen molar-refractivity contribution < 1.29 is 9.90 Å². The van der Waals surface area contributed by atoms with Gasteiger partial charge in [0.15, 0.2) is 0 Å². The molecule has 0 aromatic heterocycles. The van der Waals surface area contributed by atoms with Gasteiger partial charge in [0.05, 0.1) is 11.7 Å². The van der Waals surface area contributed by atoms with Crippen molar-refractivity contribution in [2.45, 2.75) is 33.2 Å². The molecule has 94 valence electrons. The van der Waals surface area contributed by atoms with Crippen molar-refractivity contribution in [1.29, 1.82) is 0 Å².